The number of benzene rings is 2. The highest BCUT2D eigenvalue weighted by Crippen LogP contribution is 2.17. The van der Waals surface area contributed by atoms with Gasteiger partial charge in [-0.3, -0.25) is 4.79 Å². The third-order valence-electron chi connectivity index (χ3n) is 3.32. The lowest BCUT2D eigenvalue weighted by molar-refractivity contribution is -0.117. The summed E-state index contributed by atoms with van der Waals surface area (Å²) < 4.78 is 0. The second kappa shape index (κ2) is 6.87. The van der Waals surface area contributed by atoms with Crippen LogP contribution in [0.25, 0.3) is 0 Å². The standard InChI is InChI=1S/C17H20N2O/c1-2-14-8-10-15(11-9-14)13-19(17(20)12-18)16-6-4-3-5-7-16/h3-11H,2,12-13,18H2,1H3. The average Bonchev–Trinajstić information content (AvgIpc) is 2.53. The fraction of sp³-hybridized carbons (Fsp3) is 0.235. The molecule has 0 aromatic heterocycles. The van der Waals surface area contributed by atoms with Crippen LogP contribution in [0.2, 0.25) is 0 Å². The second-order valence-corrected chi connectivity index (χ2v) is 4.69. The largest absolute Gasteiger partial charge is 0.322 e. The normalized spacial score (nSPS) is 10.3. The number of aryl methyl sites for hydroxylation is 1. The summed E-state index contributed by atoms with van der Waals surface area (Å²) >= 11 is 0. The van der Waals surface area contributed by atoms with Crippen LogP contribution >= 0.6 is 0 Å². The van der Waals surface area contributed by atoms with Gasteiger partial charge in [-0.15, -0.1) is 0 Å². The van der Waals surface area contributed by atoms with Gasteiger partial charge >= 0.3 is 0 Å². The summed E-state index contributed by atoms with van der Waals surface area (Å²) in [6.45, 7) is 2.69. The SMILES string of the molecule is CCc1ccc(CN(C(=O)CN)c2ccccc2)cc1. The quantitative estimate of drug-likeness (QED) is 0.906. The number of carbonyl (C=O) groups excluding carboxylic acids is 1. The molecule has 0 bridgehead atoms. The molecule has 0 unspecified atom stereocenters. The molecule has 1 amide bonds. The summed E-state index contributed by atoms with van der Waals surface area (Å²) in [7, 11) is 0. The van der Waals surface area contributed by atoms with Gasteiger partial charge in [-0.05, 0) is 29.7 Å². The predicted molar refractivity (Wildman–Crippen MR) is 82.5 cm³/mol. The van der Waals surface area contributed by atoms with E-state index in [2.05, 4.69) is 31.2 Å². The van der Waals surface area contributed by atoms with E-state index in [1.165, 1.54) is 5.56 Å². The minimum absolute atomic E-state index is 0.0158. The topological polar surface area (TPSA) is 46.3 Å². The maximum atomic E-state index is 12.0. The Morgan fingerprint density at radius 2 is 1.60 bits per heavy atom. The fourth-order valence-corrected chi connectivity index (χ4v) is 2.10. The van der Waals surface area contributed by atoms with Gasteiger partial charge in [0, 0.05) is 5.69 Å². The number of hydrogen-bond donors (Lipinski definition) is 1. The Kier molecular flexibility index (Phi) is 4.91. The Morgan fingerprint density at radius 1 is 1.00 bits per heavy atom. The van der Waals surface area contributed by atoms with Crippen LogP contribution in [0.1, 0.15) is 18.1 Å². The molecule has 0 saturated heterocycles. The number of para-hydroxylation sites is 1. The molecule has 0 spiro atoms. The van der Waals surface area contributed by atoms with Crippen molar-refractivity contribution in [3.05, 3.63) is 65.7 Å². The van der Waals surface area contributed by atoms with Crippen LogP contribution in [0.3, 0.4) is 0 Å². The van der Waals surface area contributed by atoms with Crippen molar-refractivity contribution in [3.63, 3.8) is 0 Å². The molecule has 0 aliphatic rings. The van der Waals surface area contributed by atoms with Gasteiger partial charge < -0.3 is 10.6 Å². The summed E-state index contributed by atoms with van der Waals surface area (Å²) in [5.41, 5.74) is 8.80. The smallest absolute Gasteiger partial charge is 0.241 e. The molecule has 0 radical (unpaired) electrons. The van der Waals surface area contributed by atoms with Crippen molar-refractivity contribution in [1.82, 2.24) is 0 Å². The Morgan fingerprint density at radius 3 is 2.15 bits per heavy atom. The lowest BCUT2D eigenvalue weighted by Crippen LogP contribution is -2.35. The number of rotatable bonds is 5. The average molecular weight is 268 g/mol. The highest BCUT2D eigenvalue weighted by Gasteiger charge is 2.14. The van der Waals surface area contributed by atoms with E-state index < -0.39 is 0 Å². The summed E-state index contributed by atoms with van der Waals surface area (Å²) in [6.07, 6.45) is 1.02. The van der Waals surface area contributed by atoms with Crippen LogP contribution in [0.5, 0.6) is 0 Å². The van der Waals surface area contributed by atoms with Crippen molar-refractivity contribution in [2.75, 3.05) is 11.4 Å². The Bertz CT molecular complexity index is 549. The summed E-state index contributed by atoms with van der Waals surface area (Å²) in [5.74, 6) is -0.0734. The van der Waals surface area contributed by atoms with Gasteiger partial charge in [0.15, 0.2) is 0 Å². The maximum Gasteiger partial charge on any atom is 0.241 e. The van der Waals surface area contributed by atoms with E-state index in [-0.39, 0.29) is 12.5 Å². The van der Waals surface area contributed by atoms with Gasteiger partial charge in [-0.25, -0.2) is 0 Å². The third kappa shape index (κ3) is 3.45. The predicted octanol–water partition coefficient (Wildman–Crippen LogP) is 2.74. The van der Waals surface area contributed by atoms with E-state index in [0.29, 0.717) is 6.54 Å². The maximum absolute atomic E-state index is 12.0. The molecule has 0 fully saturated rings. The number of nitrogens with zero attached hydrogens (tertiary/aromatic N) is 1. The number of hydrogen-bond acceptors (Lipinski definition) is 2. The molecule has 0 aliphatic heterocycles. The van der Waals surface area contributed by atoms with Crippen molar-refractivity contribution < 1.29 is 4.79 Å². The number of anilines is 1. The van der Waals surface area contributed by atoms with E-state index in [1.807, 2.05) is 30.3 Å². The molecule has 0 atom stereocenters. The first kappa shape index (κ1) is 14.3. The zero-order valence-corrected chi connectivity index (χ0v) is 11.8. The molecular formula is C17H20N2O. The van der Waals surface area contributed by atoms with E-state index in [9.17, 15) is 4.79 Å². The first-order valence-corrected chi connectivity index (χ1v) is 6.88. The molecule has 0 heterocycles. The van der Waals surface area contributed by atoms with E-state index in [1.54, 1.807) is 4.90 Å². The Labute approximate surface area is 120 Å². The van der Waals surface area contributed by atoms with Crippen LogP contribution in [0.15, 0.2) is 54.6 Å². The second-order valence-electron chi connectivity index (χ2n) is 4.69. The molecule has 20 heavy (non-hydrogen) atoms. The van der Waals surface area contributed by atoms with Crippen molar-refractivity contribution in [2.24, 2.45) is 5.73 Å². The zero-order chi connectivity index (χ0) is 14.4. The van der Waals surface area contributed by atoms with Crippen LogP contribution in [0.4, 0.5) is 5.69 Å². The molecule has 0 aliphatic carbocycles. The number of amides is 1. The molecule has 2 rings (SSSR count). The van der Waals surface area contributed by atoms with Gasteiger partial charge in [0.05, 0.1) is 13.1 Å². The molecule has 104 valence electrons. The lowest BCUT2D eigenvalue weighted by atomic mass is 10.1. The lowest BCUT2D eigenvalue weighted by Gasteiger charge is -2.22. The minimum atomic E-state index is -0.0734. The minimum Gasteiger partial charge on any atom is -0.322 e. The molecule has 0 saturated carbocycles. The molecule has 2 aromatic carbocycles. The molecule has 2 N–H and O–H groups in total. The zero-order valence-electron chi connectivity index (χ0n) is 11.8. The highest BCUT2D eigenvalue weighted by atomic mass is 16.2. The van der Waals surface area contributed by atoms with Crippen LogP contribution in [0, 0.1) is 0 Å². The van der Waals surface area contributed by atoms with Gasteiger partial charge in [-0.1, -0.05) is 49.4 Å². The van der Waals surface area contributed by atoms with Crippen molar-refractivity contribution in [3.8, 4) is 0 Å². The monoisotopic (exact) mass is 268 g/mol. The van der Waals surface area contributed by atoms with E-state index in [0.717, 1.165) is 17.7 Å². The van der Waals surface area contributed by atoms with Crippen LogP contribution < -0.4 is 10.6 Å². The van der Waals surface area contributed by atoms with Crippen molar-refractivity contribution in [2.45, 2.75) is 19.9 Å². The first-order valence-electron chi connectivity index (χ1n) is 6.88. The van der Waals surface area contributed by atoms with E-state index >= 15 is 0 Å². The van der Waals surface area contributed by atoms with Gasteiger partial charge in [0.1, 0.15) is 0 Å². The van der Waals surface area contributed by atoms with E-state index in [4.69, 9.17) is 5.73 Å². The first-order chi connectivity index (χ1) is 9.74. The molecular weight excluding hydrogens is 248 g/mol. The van der Waals surface area contributed by atoms with Crippen LogP contribution in [-0.4, -0.2) is 12.5 Å². The van der Waals surface area contributed by atoms with Crippen molar-refractivity contribution in [1.29, 1.82) is 0 Å². The highest BCUT2D eigenvalue weighted by molar-refractivity contribution is 5.94. The van der Waals surface area contributed by atoms with Gasteiger partial charge in [-0.2, -0.15) is 0 Å². The summed E-state index contributed by atoms with van der Waals surface area (Å²) in [4.78, 5) is 13.8. The van der Waals surface area contributed by atoms with Crippen LogP contribution in [-0.2, 0) is 17.8 Å². The molecule has 2 aromatic rings. The molecule has 3 heteroatoms. The fourth-order valence-electron chi connectivity index (χ4n) is 2.10. The number of carbonyl (C=O) groups is 1. The Balaban J connectivity index is 2.21. The molecule has 3 nitrogen and oxygen atoms in total. The summed E-state index contributed by atoms with van der Waals surface area (Å²) in [5, 5.41) is 0. The van der Waals surface area contributed by atoms with Gasteiger partial charge in [0.2, 0.25) is 5.91 Å². The van der Waals surface area contributed by atoms with Crippen molar-refractivity contribution >= 4 is 11.6 Å². The Hall–Kier alpha value is -2.13. The third-order valence-corrected chi connectivity index (χ3v) is 3.32. The number of nitrogens with two attached hydrogens (primary N) is 1. The summed E-state index contributed by atoms with van der Waals surface area (Å²) in [6, 6.07) is 18.0. The van der Waals surface area contributed by atoms with Gasteiger partial charge in [0.25, 0.3) is 0 Å².